The molecule has 0 bridgehead atoms. The summed E-state index contributed by atoms with van der Waals surface area (Å²) in [7, 11) is 0. The van der Waals surface area contributed by atoms with Crippen LogP contribution < -0.4 is 0 Å². The molecule has 0 aromatic heterocycles. The quantitative estimate of drug-likeness (QED) is 0.463. The fourth-order valence-electron chi connectivity index (χ4n) is 0.664. The molecule has 0 aliphatic heterocycles. The van der Waals surface area contributed by atoms with E-state index in [1.807, 2.05) is 0 Å². The van der Waals surface area contributed by atoms with Crippen molar-refractivity contribution < 1.29 is 0 Å². The molecule has 0 atom stereocenters. The molecule has 1 aliphatic carbocycles. The van der Waals surface area contributed by atoms with Gasteiger partial charge in [-0.15, -0.1) is 0 Å². The zero-order chi connectivity index (χ0) is 4.62. The van der Waals surface area contributed by atoms with E-state index in [-0.39, 0.29) is 0 Å². The van der Waals surface area contributed by atoms with Gasteiger partial charge in [0.15, 0.2) is 0 Å². The van der Waals surface area contributed by atoms with E-state index in [9.17, 15) is 0 Å². The molecule has 0 spiro atoms. The minimum Gasteiger partial charge on any atom is -0.0856 e. The van der Waals surface area contributed by atoms with Gasteiger partial charge in [0.25, 0.3) is 0 Å². The van der Waals surface area contributed by atoms with Crippen molar-refractivity contribution in [3.8, 4) is 0 Å². The third kappa shape index (κ3) is 0.754. The van der Waals surface area contributed by atoms with Crippen molar-refractivity contribution in [3.05, 3.63) is 0 Å². The van der Waals surface area contributed by atoms with Crippen LogP contribution in [0, 0.1) is 0 Å². The second kappa shape index (κ2) is 1.22. The van der Waals surface area contributed by atoms with Gasteiger partial charge in [0.1, 0.15) is 0 Å². The Labute approximate surface area is 47.1 Å². The van der Waals surface area contributed by atoms with Crippen LogP contribution in [0.15, 0.2) is 0 Å². The van der Waals surface area contributed by atoms with E-state index in [1.165, 1.54) is 19.3 Å². The van der Waals surface area contributed by atoms with Gasteiger partial charge >= 0.3 is 0 Å². The van der Waals surface area contributed by atoms with Crippen LogP contribution >= 0.6 is 15.9 Å². The van der Waals surface area contributed by atoms with Crippen molar-refractivity contribution in [3.63, 3.8) is 0 Å². The van der Waals surface area contributed by atoms with Crippen LogP contribution in [0.25, 0.3) is 0 Å². The fraction of sp³-hybridized carbons (Fsp3) is 1.00. The Morgan fingerprint density at radius 2 is 1.83 bits per heavy atom. The first-order chi connectivity index (χ1) is 2.71. The molecule has 1 aliphatic rings. The Bertz CT molecular complexity index is 51.0. The third-order valence-corrected chi connectivity index (χ3v) is 2.19. The first kappa shape index (κ1) is 4.63. The molecule has 36 valence electrons. The molecule has 0 amide bonds. The van der Waals surface area contributed by atoms with E-state index in [4.69, 9.17) is 0 Å². The summed E-state index contributed by atoms with van der Waals surface area (Å²) in [5, 5.41) is 0. The average Bonchev–Trinajstić information content (AvgIpc) is 1.32. The normalized spacial score (nSPS) is 29.0. The molecule has 0 radical (unpaired) electrons. The predicted octanol–water partition coefficient (Wildman–Crippen LogP) is 2.32. The minimum atomic E-state index is 0.535. The molecule has 1 saturated carbocycles. The summed E-state index contributed by atoms with van der Waals surface area (Å²) in [6, 6.07) is 0. The van der Waals surface area contributed by atoms with Crippen LogP contribution in [0.3, 0.4) is 0 Å². The van der Waals surface area contributed by atoms with Gasteiger partial charge in [0.2, 0.25) is 0 Å². The molecule has 0 saturated heterocycles. The monoisotopic (exact) mass is 148 g/mol. The maximum Gasteiger partial charge on any atom is 0.0229 e. The summed E-state index contributed by atoms with van der Waals surface area (Å²) in [4.78, 5) is 0. The highest BCUT2D eigenvalue weighted by Gasteiger charge is 2.27. The van der Waals surface area contributed by atoms with E-state index in [0.717, 1.165) is 0 Å². The second-order valence-corrected chi connectivity index (χ2v) is 4.18. The van der Waals surface area contributed by atoms with Crippen LogP contribution in [-0.4, -0.2) is 4.32 Å². The molecular weight excluding hydrogens is 140 g/mol. The molecule has 0 heterocycles. The molecule has 1 rings (SSSR count). The van der Waals surface area contributed by atoms with Gasteiger partial charge in [-0.1, -0.05) is 22.4 Å². The molecular formula is C5H9Br. The first-order valence-electron chi connectivity index (χ1n) is 2.40. The molecule has 1 heteroatoms. The van der Waals surface area contributed by atoms with Crippen LogP contribution in [-0.2, 0) is 0 Å². The van der Waals surface area contributed by atoms with E-state index >= 15 is 0 Å². The number of hydrogen-bond acceptors (Lipinski definition) is 0. The summed E-state index contributed by atoms with van der Waals surface area (Å²) >= 11 is 3.56. The fourth-order valence-corrected chi connectivity index (χ4v) is 1.22. The summed E-state index contributed by atoms with van der Waals surface area (Å²) in [5.74, 6) is 0. The van der Waals surface area contributed by atoms with Gasteiger partial charge in [-0.2, -0.15) is 0 Å². The van der Waals surface area contributed by atoms with Crippen molar-refractivity contribution in [2.45, 2.75) is 30.5 Å². The van der Waals surface area contributed by atoms with Crippen molar-refractivity contribution in [1.82, 2.24) is 0 Å². The zero-order valence-corrected chi connectivity index (χ0v) is 5.59. The highest BCUT2D eigenvalue weighted by atomic mass is 79.9. The molecule has 6 heavy (non-hydrogen) atoms. The maximum absolute atomic E-state index is 3.56. The minimum absolute atomic E-state index is 0.535. The lowest BCUT2D eigenvalue weighted by molar-refractivity contribution is 0.402. The van der Waals surface area contributed by atoms with Crippen molar-refractivity contribution >= 4 is 15.9 Å². The summed E-state index contributed by atoms with van der Waals surface area (Å²) in [5.41, 5.74) is 0. The molecule has 0 aromatic rings. The van der Waals surface area contributed by atoms with Gasteiger partial charge in [-0.3, -0.25) is 0 Å². The Kier molecular flexibility index (Phi) is 0.945. The second-order valence-electron chi connectivity index (χ2n) is 2.27. The lowest BCUT2D eigenvalue weighted by Crippen LogP contribution is -2.24. The highest BCUT2D eigenvalue weighted by Crippen LogP contribution is 2.38. The van der Waals surface area contributed by atoms with Gasteiger partial charge in [0, 0.05) is 4.32 Å². The van der Waals surface area contributed by atoms with Crippen LogP contribution in [0.2, 0.25) is 0 Å². The number of hydrogen-bond donors (Lipinski definition) is 0. The van der Waals surface area contributed by atoms with E-state index in [2.05, 4.69) is 22.9 Å². The molecule has 0 N–H and O–H groups in total. The third-order valence-electron chi connectivity index (χ3n) is 1.40. The Morgan fingerprint density at radius 1 is 1.50 bits per heavy atom. The van der Waals surface area contributed by atoms with Gasteiger partial charge < -0.3 is 0 Å². The van der Waals surface area contributed by atoms with Crippen LogP contribution in [0.4, 0.5) is 0 Å². The largest absolute Gasteiger partial charge is 0.0856 e. The molecule has 0 aromatic carbocycles. The summed E-state index contributed by atoms with van der Waals surface area (Å²) < 4.78 is 0.535. The SMILES string of the molecule is CC1(Br)CCC1. The number of rotatable bonds is 0. The Morgan fingerprint density at radius 3 is 1.83 bits per heavy atom. The molecule has 0 nitrogen and oxygen atoms in total. The number of halogens is 1. The molecule has 1 fully saturated rings. The van der Waals surface area contributed by atoms with Crippen molar-refractivity contribution in [2.24, 2.45) is 0 Å². The summed E-state index contributed by atoms with van der Waals surface area (Å²) in [6.07, 6.45) is 4.15. The Balaban J connectivity index is 2.31. The van der Waals surface area contributed by atoms with Crippen LogP contribution in [0.1, 0.15) is 26.2 Å². The molecule has 0 unspecified atom stereocenters. The predicted molar refractivity (Wildman–Crippen MR) is 31.2 cm³/mol. The Hall–Kier alpha value is 0.480. The van der Waals surface area contributed by atoms with Gasteiger partial charge in [-0.25, -0.2) is 0 Å². The lowest BCUT2D eigenvalue weighted by Gasteiger charge is -2.31. The standard InChI is InChI=1S/C5H9Br/c1-5(6)3-2-4-5/h2-4H2,1H3. The van der Waals surface area contributed by atoms with E-state index in [0.29, 0.717) is 4.32 Å². The smallest absolute Gasteiger partial charge is 0.0229 e. The van der Waals surface area contributed by atoms with Crippen LogP contribution in [0.5, 0.6) is 0 Å². The van der Waals surface area contributed by atoms with Gasteiger partial charge in [-0.05, 0) is 19.8 Å². The topological polar surface area (TPSA) is 0 Å². The number of alkyl halides is 1. The summed E-state index contributed by atoms with van der Waals surface area (Å²) in [6.45, 7) is 2.25. The van der Waals surface area contributed by atoms with E-state index < -0.39 is 0 Å². The highest BCUT2D eigenvalue weighted by molar-refractivity contribution is 9.10. The lowest BCUT2D eigenvalue weighted by atomic mass is 9.87. The maximum atomic E-state index is 3.56. The first-order valence-corrected chi connectivity index (χ1v) is 3.19. The van der Waals surface area contributed by atoms with Crippen molar-refractivity contribution in [1.29, 1.82) is 0 Å². The van der Waals surface area contributed by atoms with E-state index in [1.54, 1.807) is 0 Å². The van der Waals surface area contributed by atoms with Gasteiger partial charge in [0.05, 0.1) is 0 Å². The zero-order valence-electron chi connectivity index (χ0n) is 4.00. The average molecular weight is 149 g/mol. The van der Waals surface area contributed by atoms with Crippen molar-refractivity contribution in [2.75, 3.05) is 0 Å².